The van der Waals surface area contributed by atoms with Crippen molar-refractivity contribution in [3.8, 4) is 5.69 Å². The molecule has 0 unspecified atom stereocenters. The lowest BCUT2D eigenvalue weighted by atomic mass is 10.1. The lowest BCUT2D eigenvalue weighted by molar-refractivity contribution is 0.101. The molecule has 0 saturated heterocycles. The number of nitrogens with zero attached hydrogens (tertiary/aromatic N) is 2. The molecular formula is C19H15BrN2O. The zero-order chi connectivity index (χ0) is 16.2. The van der Waals surface area contributed by atoms with Crippen molar-refractivity contribution in [1.82, 2.24) is 4.57 Å². The number of hydrogen-bond acceptors (Lipinski definition) is 2. The number of benzene rings is 2. The molecule has 0 atom stereocenters. The van der Waals surface area contributed by atoms with Crippen LogP contribution < -0.4 is 0 Å². The van der Waals surface area contributed by atoms with Crippen LogP contribution in [-0.4, -0.2) is 16.6 Å². The van der Waals surface area contributed by atoms with Gasteiger partial charge in [-0.25, -0.2) is 0 Å². The van der Waals surface area contributed by atoms with E-state index in [0.717, 1.165) is 21.5 Å². The highest BCUT2D eigenvalue weighted by Gasteiger charge is 2.02. The summed E-state index contributed by atoms with van der Waals surface area (Å²) >= 11 is 3.44. The molecule has 0 bridgehead atoms. The van der Waals surface area contributed by atoms with E-state index in [2.05, 4.69) is 25.5 Å². The van der Waals surface area contributed by atoms with Crippen LogP contribution >= 0.6 is 15.9 Å². The van der Waals surface area contributed by atoms with Crippen molar-refractivity contribution in [3.05, 3.63) is 82.6 Å². The van der Waals surface area contributed by atoms with Crippen LogP contribution in [0, 0.1) is 0 Å². The van der Waals surface area contributed by atoms with Gasteiger partial charge in [-0.3, -0.25) is 9.79 Å². The Kier molecular flexibility index (Phi) is 4.53. The standard InChI is InChI=1S/C19H15BrN2O/c1-14(23)15-4-2-5-17(12-15)21-13-19-6-3-11-22(19)18-9-7-16(20)8-10-18/h2-13H,1H3. The van der Waals surface area contributed by atoms with Crippen LogP contribution in [0.25, 0.3) is 5.69 Å². The van der Waals surface area contributed by atoms with E-state index in [9.17, 15) is 4.79 Å². The Bertz CT molecular complexity index is 863. The Balaban J connectivity index is 1.89. The second kappa shape index (κ2) is 6.75. The molecule has 0 spiro atoms. The summed E-state index contributed by atoms with van der Waals surface area (Å²) in [6.07, 6.45) is 3.80. The van der Waals surface area contributed by atoms with E-state index in [1.807, 2.05) is 54.7 Å². The van der Waals surface area contributed by atoms with Gasteiger partial charge in [-0.2, -0.15) is 0 Å². The highest BCUT2D eigenvalue weighted by Crippen LogP contribution is 2.18. The number of aromatic nitrogens is 1. The van der Waals surface area contributed by atoms with Gasteiger partial charge in [-0.15, -0.1) is 0 Å². The summed E-state index contributed by atoms with van der Waals surface area (Å²) in [6, 6.07) is 19.4. The molecule has 0 aliphatic heterocycles. The summed E-state index contributed by atoms with van der Waals surface area (Å²) in [5.74, 6) is 0.0419. The van der Waals surface area contributed by atoms with Gasteiger partial charge in [0.05, 0.1) is 17.6 Å². The predicted octanol–water partition coefficient (Wildman–Crippen LogP) is 5.19. The summed E-state index contributed by atoms with van der Waals surface area (Å²) in [4.78, 5) is 15.9. The molecule has 23 heavy (non-hydrogen) atoms. The van der Waals surface area contributed by atoms with Crippen molar-refractivity contribution in [2.24, 2.45) is 4.99 Å². The first kappa shape index (κ1) is 15.4. The molecule has 0 amide bonds. The van der Waals surface area contributed by atoms with Crippen LogP contribution in [0.2, 0.25) is 0 Å². The van der Waals surface area contributed by atoms with E-state index in [0.29, 0.717) is 5.56 Å². The van der Waals surface area contributed by atoms with Crippen molar-refractivity contribution in [1.29, 1.82) is 0 Å². The van der Waals surface area contributed by atoms with Crippen LogP contribution in [0.15, 0.2) is 76.3 Å². The number of carbonyl (C=O) groups excluding carboxylic acids is 1. The third-order valence-electron chi connectivity index (χ3n) is 3.48. The average molecular weight is 367 g/mol. The van der Waals surface area contributed by atoms with Crippen LogP contribution in [0.4, 0.5) is 5.69 Å². The first-order valence-corrected chi connectivity index (χ1v) is 8.01. The van der Waals surface area contributed by atoms with E-state index in [1.165, 1.54) is 0 Å². The molecule has 1 heterocycles. The molecule has 0 radical (unpaired) electrons. The molecule has 3 nitrogen and oxygen atoms in total. The second-order valence-electron chi connectivity index (χ2n) is 5.14. The predicted molar refractivity (Wildman–Crippen MR) is 97.2 cm³/mol. The minimum absolute atomic E-state index is 0.0419. The number of ketones is 1. The Morgan fingerprint density at radius 1 is 1.09 bits per heavy atom. The normalized spacial score (nSPS) is 11.0. The van der Waals surface area contributed by atoms with Gasteiger partial charge in [0, 0.05) is 21.9 Å². The minimum atomic E-state index is 0.0419. The Labute approximate surface area is 143 Å². The van der Waals surface area contributed by atoms with Crippen LogP contribution in [-0.2, 0) is 0 Å². The molecule has 2 aromatic carbocycles. The third kappa shape index (κ3) is 3.66. The minimum Gasteiger partial charge on any atom is -0.316 e. The number of carbonyl (C=O) groups is 1. The van der Waals surface area contributed by atoms with E-state index < -0.39 is 0 Å². The highest BCUT2D eigenvalue weighted by atomic mass is 79.9. The third-order valence-corrected chi connectivity index (χ3v) is 4.01. The lowest BCUT2D eigenvalue weighted by Gasteiger charge is -2.06. The number of hydrogen-bond donors (Lipinski definition) is 0. The average Bonchev–Trinajstić information content (AvgIpc) is 3.02. The molecule has 114 valence electrons. The number of rotatable bonds is 4. The van der Waals surface area contributed by atoms with E-state index >= 15 is 0 Å². The molecule has 1 aromatic heterocycles. The van der Waals surface area contributed by atoms with Gasteiger partial charge in [0.1, 0.15) is 0 Å². The molecule has 0 fully saturated rings. The second-order valence-corrected chi connectivity index (χ2v) is 6.06. The summed E-state index contributed by atoms with van der Waals surface area (Å²) in [6.45, 7) is 1.56. The fourth-order valence-corrected chi connectivity index (χ4v) is 2.55. The monoisotopic (exact) mass is 366 g/mol. The molecule has 4 heteroatoms. The number of aliphatic imine (C=N–C) groups is 1. The van der Waals surface area contributed by atoms with E-state index in [1.54, 1.807) is 25.3 Å². The summed E-state index contributed by atoms with van der Waals surface area (Å²) < 4.78 is 3.11. The van der Waals surface area contributed by atoms with Crippen LogP contribution in [0.1, 0.15) is 23.0 Å². The van der Waals surface area contributed by atoms with Crippen molar-refractivity contribution >= 4 is 33.6 Å². The molecule has 0 aliphatic carbocycles. The largest absolute Gasteiger partial charge is 0.316 e. The first-order chi connectivity index (χ1) is 11.1. The fraction of sp³-hybridized carbons (Fsp3) is 0.0526. The zero-order valence-electron chi connectivity index (χ0n) is 12.6. The number of Topliss-reactive ketones (excluding diaryl/α,β-unsaturated/α-hetero) is 1. The maximum Gasteiger partial charge on any atom is 0.159 e. The number of halogens is 1. The topological polar surface area (TPSA) is 34.4 Å². The quantitative estimate of drug-likeness (QED) is 0.461. The van der Waals surface area contributed by atoms with Gasteiger partial charge in [0.15, 0.2) is 5.78 Å². The van der Waals surface area contributed by atoms with Gasteiger partial charge in [0.2, 0.25) is 0 Å². The molecule has 0 N–H and O–H groups in total. The lowest BCUT2D eigenvalue weighted by Crippen LogP contribution is -1.97. The molecule has 0 aliphatic rings. The smallest absolute Gasteiger partial charge is 0.159 e. The maximum atomic E-state index is 11.4. The maximum absolute atomic E-state index is 11.4. The van der Waals surface area contributed by atoms with Gasteiger partial charge in [0.25, 0.3) is 0 Å². The Morgan fingerprint density at radius 3 is 2.61 bits per heavy atom. The summed E-state index contributed by atoms with van der Waals surface area (Å²) in [7, 11) is 0. The Hall–Kier alpha value is -2.46. The van der Waals surface area contributed by atoms with Crippen LogP contribution in [0.3, 0.4) is 0 Å². The summed E-state index contributed by atoms with van der Waals surface area (Å²) in [5, 5.41) is 0. The molecule has 0 saturated carbocycles. The van der Waals surface area contributed by atoms with Crippen molar-refractivity contribution in [2.75, 3.05) is 0 Å². The van der Waals surface area contributed by atoms with Gasteiger partial charge < -0.3 is 4.57 Å². The van der Waals surface area contributed by atoms with E-state index in [-0.39, 0.29) is 5.78 Å². The van der Waals surface area contributed by atoms with Gasteiger partial charge >= 0.3 is 0 Å². The fourth-order valence-electron chi connectivity index (χ4n) is 2.28. The molecule has 3 aromatic rings. The van der Waals surface area contributed by atoms with Gasteiger partial charge in [-0.05, 0) is 55.5 Å². The Morgan fingerprint density at radius 2 is 1.87 bits per heavy atom. The van der Waals surface area contributed by atoms with Crippen molar-refractivity contribution in [2.45, 2.75) is 6.92 Å². The molecular weight excluding hydrogens is 352 g/mol. The molecule has 3 rings (SSSR count). The SMILES string of the molecule is CC(=O)c1cccc(N=Cc2cccn2-c2ccc(Br)cc2)c1. The van der Waals surface area contributed by atoms with Crippen LogP contribution in [0.5, 0.6) is 0 Å². The van der Waals surface area contributed by atoms with Crippen molar-refractivity contribution < 1.29 is 4.79 Å². The summed E-state index contributed by atoms with van der Waals surface area (Å²) in [5.41, 5.74) is 3.47. The van der Waals surface area contributed by atoms with E-state index in [4.69, 9.17) is 0 Å². The highest BCUT2D eigenvalue weighted by molar-refractivity contribution is 9.10. The zero-order valence-corrected chi connectivity index (χ0v) is 14.2. The van der Waals surface area contributed by atoms with Gasteiger partial charge in [-0.1, -0.05) is 28.1 Å². The first-order valence-electron chi connectivity index (χ1n) is 7.22. The van der Waals surface area contributed by atoms with Crippen molar-refractivity contribution in [3.63, 3.8) is 0 Å².